The molecule has 1 aliphatic heterocycles. The second-order valence-corrected chi connectivity index (χ2v) is 6.61. The normalized spacial score (nSPS) is 13.9. The van der Waals surface area contributed by atoms with Crippen LogP contribution < -0.4 is 5.43 Å². The van der Waals surface area contributed by atoms with Gasteiger partial charge in [0.1, 0.15) is 0 Å². The number of hydrogen-bond donors (Lipinski definition) is 2. The van der Waals surface area contributed by atoms with Crippen LogP contribution in [0.4, 0.5) is 0 Å². The number of carbonyl (C=O) groups excluding carboxylic acids is 1. The van der Waals surface area contributed by atoms with Crippen LogP contribution in [0.2, 0.25) is 10.0 Å². The van der Waals surface area contributed by atoms with Gasteiger partial charge in [-0.3, -0.25) is 9.59 Å². The Morgan fingerprint density at radius 3 is 2.52 bits per heavy atom. The van der Waals surface area contributed by atoms with E-state index in [4.69, 9.17) is 28.3 Å². The van der Waals surface area contributed by atoms with E-state index in [0.717, 1.165) is 5.56 Å². The summed E-state index contributed by atoms with van der Waals surface area (Å²) in [7, 11) is 0. The maximum absolute atomic E-state index is 12.8. The van der Waals surface area contributed by atoms with Gasteiger partial charge in [-0.2, -0.15) is 0 Å². The Bertz CT molecular complexity index is 895. The lowest BCUT2D eigenvalue weighted by molar-refractivity contribution is 0.0680. The molecule has 0 bridgehead atoms. The van der Waals surface area contributed by atoms with Gasteiger partial charge >= 0.3 is 0 Å². The number of benzene rings is 1. The molecule has 0 radical (unpaired) electrons. The predicted octanol–water partition coefficient (Wildman–Crippen LogP) is 2.05. The van der Waals surface area contributed by atoms with Crippen LogP contribution in [0.25, 0.3) is 0 Å². The molecule has 0 saturated carbocycles. The summed E-state index contributed by atoms with van der Waals surface area (Å²) in [5.41, 5.74) is 0.661. The van der Waals surface area contributed by atoms with Gasteiger partial charge in [0.2, 0.25) is 5.43 Å². The number of carbonyl (C=O) groups is 1. The summed E-state index contributed by atoms with van der Waals surface area (Å²) in [4.78, 5) is 26.3. The molecule has 0 aliphatic carbocycles. The molecule has 8 heteroatoms. The van der Waals surface area contributed by atoms with E-state index in [9.17, 15) is 14.7 Å². The van der Waals surface area contributed by atoms with Crippen LogP contribution in [0.5, 0.6) is 5.75 Å². The predicted molar refractivity (Wildman–Crippen MR) is 94.4 cm³/mol. The Balaban J connectivity index is 1.95. The molecule has 1 amide bonds. The standard InChI is InChI=1S/C17H16Cl2N2O4/c18-12-2-1-10(7-13(12)19)9-20-4-5-21-11(3-6-22)8-14(23)16(24)15(21)17(20)25/h1-2,7-8,22,24H,3-6,9H2. The van der Waals surface area contributed by atoms with Gasteiger partial charge in [-0.15, -0.1) is 0 Å². The van der Waals surface area contributed by atoms with Gasteiger partial charge in [-0.25, -0.2) is 0 Å². The van der Waals surface area contributed by atoms with E-state index in [1.54, 1.807) is 22.8 Å². The Morgan fingerprint density at radius 2 is 1.84 bits per heavy atom. The highest BCUT2D eigenvalue weighted by Gasteiger charge is 2.30. The number of nitrogens with zero attached hydrogens (tertiary/aromatic N) is 2. The van der Waals surface area contributed by atoms with Gasteiger partial charge in [0.25, 0.3) is 5.91 Å². The third kappa shape index (κ3) is 3.38. The van der Waals surface area contributed by atoms with Gasteiger partial charge in [0.15, 0.2) is 11.4 Å². The molecule has 2 heterocycles. The third-order valence-electron chi connectivity index (χ3n) is 4.18. The fourth-order valence-electron chi connectivity index (χ4n) is 2.96. The van der Waals surface area contributed by atoms with Gasteiger partial charge < -0.3 is 19.7 Å². The molecule has 0 unspecified atom stereocenters. The minimum atomic E-state index is -0.626. The Kier molecular flexibility index (Phi) is 5.03. The molecule has 0 fully saturated rings. The van der Waals surface area contributed by atoms with Gasteiger partial charge in [0, 0.05) is 44.4 Å². The summed E-state index contributed by atoms with van der Waals surface area (Å²) < 4.78 is 1.60. The SMILES string of the molecule is O=C1c2c(O)c(=O)cc(CCO)n2CCN1Cc1ccc(Cl)c(Cl)c1. The Labute approximate surface area is 153 Å². The van der Waals surface area contributed by atoms with E-state index in [2.05, 4.69) is 0 Å². The molecule has 0 spiro atoms. The summed E-state index contributed by atoms with van der Waals surface area (Å²) in [5.74, 6) is -1.00. The molecule has 1 aliphatic rings. The van der Waals surface area contributed by atoms with Crippen LogP contribution in [-0.4, -0.2) is 38.7 Å². The van der Waals surface area contributed by atoms with Crippen molar-refractivity contribution in [1.29, 1.82) is 0 Å². The molecule has 2 aromatic rings. The number of fused-ring (bicyclic) bond motifs is 1. The Morgan fingerprint density at radius 1 is 1.08 bits per heavy atom. The van der Waals surface area contributed by atoms with Crippen molar-refractivity contribution in [3.8, 4) is 5.75 Å². The van der Waals surface area contributed by atoms with E-state index in [0.29, 0.717) is 28.8 Å². The van der Waals surface area contributed by atoms with Crippen molar-refractivity contribution in [2.45, 2.75) is 19.5 Å². The van der Waals surface area contributed by atoms with Crippen molar-refractivity contribution < 1.29 is 15.0 Å². The largest absolute Gasteiger partial charge is 0.503 e. The number of pyridine rings is 1. The second-order valence-electron chi connectivity index (χ2n) is 5.80. The maximum Gasteiger partial charge on any atom is 0.274 e. The number of hydrogen-bond acceptors (Lipinski definition) is 4. The third-order valence-corrected chi connectivity index (χ3v) is 4.92. The number of rotatable bonds is 4. The summed E-state index contributed by atoms with van der Waals surface area (Å²) in [6.07, 6.45) is 0.239. The fraction of sp³-hybridized carbons (Fsp3) is 0.294. The zero-order valence-electron chi connectivity index (χ0n) is 13.2. The first-order valence-corrected chi connectivity index (χ1v) is 8.47. The number of halogens is 2. The first-order chi connectivity index (χ1) is 11.9. The smallest absolute Gasteiger partial charge is 0.274 e. The fourth-order valence-corrected chi connectivity index (χ4v) is 3.28. The number of aliphatic hydroxyl groups excluding tert-OH is 1. The van der Waals surface area contributed by atoms with Crippen LogP contribution in [0, 0.1) is 0 Å². The zero-order chi connectivity index (χ0) is 18.1. The van der Waals surface area contributed by atoms with E-state index in [1.807, 2.05) is 0 Å². The molecule has 2 N–H and O–H groups in total. The van der Waals surface area contributed by atoms with Crippen LogP contribution in [0.3, 0.4) is 0 Å². The lowest BCUT2D eigenvalue weighted by Gasteiger charge is -2.32. The summed E-state index contributed by atoms with van der Waals surface area (Å²) in [5, 5.41) is 20.1. The molecule has 1 aromatic heterocycles. The monoisotopic (exact) mass is 382 g/mol. The molecule has 0 atom stereocenters. The summed E-state index contributed by atoms with van der Waals surface area (Å²) in [6.45, 7) is 0.969. The lowest BCUT2D eigenvalue weighted by atomic mass is 10.1. The number of aliphatic hydroxyl groups is 1. The van der Waals surface area contributed by atoms with Crippen LogP contribution in [0.1, 0.15) is 21.7 Å². The molecular formula is C17H16Cl2N2O4. The van der Waals surface area contributed by atoms with Crippen molar-refractivity contribution >= 4 is 29.1 Å². The lowest BCUT2D eigenvalue weighted by Crippen LogP contribution is -2.42. The van der Waals surface area contributed by atoms with E-state index < -0.39 is 17.1 Å². The molecule has 0 saturated heterocycles. The number of aromatic nitrogens is 1. The van der Waals surface area contributed by atoms with Crippen molar-refractivity contribution in [2.24, 2.45) is 0 Å². The minimum Gasteiger partial charge on any atom is -0.503 e. The first-order valence-electron chi connectivity index (χ1n) is 7.72. The van der Waals surface area contributed by atoms with E-state index in [-0.39, 0.29) is 25.3 Å². The summed E-state index contributed by atoms with van der Waals surface area (Å²) in [6, 6.07) is 6.37. The van der Waals surface area contributed by atoms with Crippen molar-refractivity contribution in [3.05, 3.63) is 61.5 Å². The van der Waals surface area contributed by atoms with Crippen LogP contribution in [0.15, 0.2) is 29.1 Å². The first kappa shape index (κ1) is 17.8. The average Bonchev–Trinajstić information content (AvgIpc) is 2.58. The molecule has 3 rings (SSSR count). The number of aromatic hydroxyl groups is 1. The minimum absolute atomic E-state index is 0.0396. The second kappa shape index (κ2) is 7.07. The highest BCUT2D eigenvalue weighted by atomic mass is 35.5. The van der Waals surface area contributed by atoms with Gasteiger partial charge in [-0.05, 0) is 17.7 Å². The van der Waals surface area contributed by atoms with E-state index >= 15 is 0 Å². The topological polar surface area (TPSA) is 82.8 Å². The molecule has 1 aromatic carbocycles. The molecule has 6 nitrogen and oxygen atoms in total. The maximum atomic E-state index is 12.8. The van der Waals surface area contributed by atoms with Crippen LogP contribution >= 0.6 is 23.2 Å². The Hall–Kier alpha value is -2.02. The van der Waals surface area contributed by atoms with Gasteiger partial charge in [-0.1, -0.05) is 29.3 Å². The molecular weight excluding hydrogens is 367 g/mol. The van der Waals surface area contributed by atoms with Crippen molar-refractivity contribution in [1.82, 2.24) is 9.47 Å². The highest BCUT2D eigenvalue weighted by molar-refractivity contribution is 6.42. The quantitative estimate of drug-likeness (QED) is 0.847. The summed E-state index contributed by atoms with van der Waals surface area (Å²) >= 11 is 11.9. The van der Waals surface area contributed by atoms with E-state index in [1.165, 1.54) is 11.0 Å². The van der Waals surface area contributed by atoms with Crippen molar-refractivity contribution in [2.75, 3.05) is 13.2 Å². The molecule has 132 valence electrons. The average molecular weight is 383 g/mol. The zero-order valence-corrected chi connectivity index (χ0v) is 14.7. The number of amides is 1. The highest BCUT2D eigenvalue weighted by Crippen LogP contribution is 2.26. The van der Waals surface area contributed by atoms with Crippen LogP contribution in [-0.2, 0) is 19.5 Å². The van der Waals surface area contributed by atoms with Crippen molar-refractivity contribution in [3.63, 3.8) is 0 Å². The molecule has 25 heavy (non-hydrogen) atoms. The van der Waals surface area contributed by atoms with Gasteiger partial charge in [0.05, 0.1) is 10.0 Å².